The van der Waals surface area contributed by atoms with E-state index in [2.05, 4.69) is 0 Å². The topological polar surface area (TPSA) is 410 Å². The largest absolute Gasteiger partial charge is 0.481 e. The van der Waals surface area contributed by atoms with Gasteiger partial charge in [-0.3, -0.25) is 52.7 Å². The van der Waals surface area contributed by atoms with Gasteiger partial charge in [0.2, 0.25) is 0 Å². The van der Waals surface area contributed by atoms with Gasteiger partial charge < -0.3 is 56.2 Å². The van der Waals surface area contributed by atoms with E-state index in [0.29, 0.717) is 0 Å². The van der Waals surface area contributed by atoms with Gasteiger partial charge >= 0.3 is 0 Å². The Morgan fingerprint density at radius 3 is 0.234 bits per heavy atom. The van der Waals surface area contributed by atoms with Crippen LogP contribution in [0.4, 0.5) is 0 Å². The van der Waals surface area contributed by atoms with Crippen molar-refractivity contribution in [1.29, 1.82) is 0 Å². The molecular weight excluding hydrogens is 844 g/mol. The van der Waals surface area contributed by atoms with Crippen LogP contribution in [0.3, 0.4) is 0 Å². The molecule has 275 valence electrons. The molecule has 0 aliphatic carbocycles. The third-order valence-corrected chi connectivity index (χ3v) is 0. The molecule has 0 bridgehead atoms. The Balaban J connectivity index is -0.0000000211. The van der Waals surface area contributed by atoms with Crippen molar-refractivity contribution in [2.45, 2.75) is 76.2 Å². The molecule has 0 aromatic rings. The number of rotatable bonds is 0. The second-order valence-electron chi connectivity index (χ2n) is 5.71. The Labute approximate surface area is 329 Å². The molecule has 0 aromatic heterocycles. The van der Waals surface area contributed by atoms with Gasteiger partial charge in [0.1, 0.15) is 0 Å². The van der Waals surface area contributed by atoms with Gasteiger partial charge in [0.25, 0.3) is 65.7 Å². The molecule has 11 N–H and O–H groups in total. The predicted octanol–water partition coefficient (Wildman–Crippen LogP) is 0.992. The smallest absolute Gasteiger partial charge is 0.300 e. The number of aliphatic carboxylic acids is 11. The van der Waals surface area contributed by atoms with E-state index in [1.54, 1.807) is 0 Å². The van der Waals surface area contributed by atoms with Gasteiger partial charge in [-0.15, -0.1) is 0 Å². The fraction of sp³-hybridized carbons (Fsp3) is 0.500. The average molecular weight is 889 g/mol. The van der Waals surface area contributed by atoms with Gasteiger partial charge in [-0.1, -0.05) is 0 Å². The summed E-state index contributed by atoms with van der Waals surface area (Å²) in [6.45, 7) is 11.9. The first kappa shape index (κ1) is 90.4. The van der Waals surface area contributed by atoms with Crippen molar-refractivity contribution >= 4 is 65.7 Å². The molecule has 0 aliphatic heterocycles. The van der Waals surface area contributed by atoms with Gasteiger partial charge in [-0.05, 0) is 0 Å². The van der Waals surface area contributed by atoms with Crippen LogP contribution in [0.25, 0.3) is 0 Å². The van der Waals surface area contributed by atoms with Crippen LogP contribution in [-0.2, 0) is 133 Å². The SMILES string of the molecule is CC(=O)O.CC(=O)O.CC(=O)O.CC(=O)O.CC(=O)O.CC(=O)O.CC(=O)O.CC(=O)O.CC(=O)O.CC(=O)O.CC(=O)O.[Ti].[Y].[Zr]. The van der Waals surface area contributed by atoms with Crippen molar-refractivity contribution in [3.05, 3.63) is 0 Å². The second-order valence-corrected chi connectivity index (χ2v) is 5.71. The molecule has 0 aromatic carbocycles. The molecule has 0 heterocycles. The van der Waals surface area contributed by atoms with Crippen LogP contribution < -0.4 is 0 Å². The van der Waals surface area contributed by atoms with Gasteiger partial charge in [0.05, 0.1) is 0 Å². The first-order valence-corrected chi connectivity index (χ1v) is 10.2. The van der Waals surface area contributed by atoms with Gasteiger partial charge in [0.15, 0.2) is 0 Å². The molecular formula is C22H44O22TiYZr. The molecule has 47 heavy (non-hydrogen) atoms. The van der Waals surface area contributed by atoms with Gasteiger partial charge in [-0.25, -0.2) is 0 Å². The van der Waals surface area contributed by atoms with E-state index in [1.807, 2.05) is 0 Å². The summed E-state index contributed by atoms with van der Waals surface area (Å²) in [6, 6.07) is 0. The molecule has 0 fully saturated rings. The molecule has 0 rings (SSSR count). The zero-order valence-electron chi connectivity index (χ0n) is 27.5. The summed E-state index contributed by atoms with van der Waals surface area (Å²) in [5.74, 6) is -9.17. The van der Waals surface area contributed by atoms with Crippen molar-refractivity contribution in [1.82, 2.24) is 0 Å². The van der Waals surface area contributed by atoms with Gasteiger partial charge in [-0.2, -0.15) is 0 Å². The Bertz CT molecular complexity index is 546. The first-order valence-electron chi connectivity index (χ1n) is 10.2. The summed E-state index contributed by atoms with van der Waals surface area (Å²) in [5, 5.41) is 81.6. The third kappa shape index (κ3) is 7320. The number of hydrogen-bond acceptors (Lipinski definition) is 11. The number of hydrogen-bond donors (Lipinski definition) is 11. The molecule has 0 saturated carbocycles. The molecule has 0 spiro atoms. The first-order chi connectivity index (χ1) is 19.1. The molecule has 0 amide bonds. The summed E-state index contributed by atoms with van der Waals surface area (Å²) in [6.07, 6.45) is 0. The van der Waals surface area contributed by atoms with Crippen LogP contribution in [0.15, 0.2) is 0 Å². The van der Waals surface area contributed by atoms with Crippen molar-refractivity contribution in [2.75, 3.05) is 0 Å². The maximum Gasteiger partial charge on any atom is 0.300 e. The standard InChI is InChI=1S/11C2H4O2.Ti.Y.Zr/c11*1-2(3)4;;;/h11*1H3,(H,3,4);;;. The maximum absolute atomic E-state index is 9.00. The summed E-state index contributed by atoms with van der Waals surface area (Å²) in [5.41, 5.74) is 0. The molecule has 0 unspecified atom stereocenters. The minimum absolute atomic E-state index is 0. The van der Waals surface area contributed by atoms with E-state index in [0.717, 1.165) is 76.2 Å². The minimum atomic E-state index is -0.833. The number of carboxylic acid groups (broad SMARTS) is 11. The molecule has 22 nitrogen and oxygen atoms in total. The van der Waals surface area contributed by atoms with E-state index in [9.17, 15) is 0 Å². The summed E-state index contributed by atoms with van der Waals surface area (Å²) >= 11 is 0. The quantitative estimate of drug-likeness (QED) is 0.151. The monoisotopic (exact) mass is 887 g/mol. The Kier molecular flexibility index (Phi) is 162. The molecule has 25 heteroatoms. The van der Waals surface area contributed by atoms with E-state index in [1.165, 1.54) is 0 Å². The van der Waals surface area contributed by atoms with Crippen LogP contribution >= 0.6 is 0 Å². The van der Waals surface area contributed by atoms with E-state index in [-0.39, 0.29) is 80.6 Å². The minimum Gasteiger partial charge on any atom is -0.481 e. The molecule has 0 saturated heterocycles. The van der Waals surface area contributed by atoms with Crippen molar-refractivity contribution in [2.24, 2.45) is 0 Å². The summed E-state index contributed by atoms with van der Waals surface area (Å²) in [4.78, 5) is 99.0. The fourth-order valence-electron chi connectivity index (χ4n) is 0. The summed E-state index contributed by atoms with van der Waals surface area (Å²) in [7, 11) is 0. The van der Waals surface area contributed by atoms with Crippen LogP contribution in [0, 0.1) is 0 Å². The Hall–Kier alpha value is -3.13. The van der Waals surface area contributed by atoms with E-state index in [4.69, 9.17) is 109 Å². The Morgan fingerprint density at radius 1 is 0.234 bits per heavy atom. The fourth-order valence-corrected chi connectivity index (χ4v) is 0. The number of carbonyl (C=O) groups is 11. The van der Waals surface area contributed by atoms with Crippen LogP contribution in [0.5, 0.6) is 0 Å². The van der Waals surface area contributed by atoms with Crippen molar-refractivity contribution in [3.63, 3.8) is 0 Å². The van der Waals surface area contributed by atoms with Gasteiger partial charge in [0, 0.05) is 157 Å². The summed E-state index contributed by atoms with van der Waals surface area (Å²) < 4.78 is 0. The normalized spacial score (nSPS) is 5.85. The third-order valence-electron chi connectivity index (χ3n) is 0. The Morgan fingerprint density at radius 2 is 0.234 bits per heavy atom. The number of carboxylic acids is 11. The van der Waals surface area contributed by atoms with Crippen LogP contribution in [0.1, 0.15) is 76.2 Å². The van der Waals surface area contributed by atoms with Crippen LogP contribution in [0.2, 0.25) is 0 Å². The van der Waals surface area contributed by atoms with E-state index >= 15 is 0 Å². The molecule has 1 radical (unpaired) electrons. The zero-order valence-corrected chi connectivity index (χ0v) is 34.3. The van der Waals surface area contributed by atoms with Crippen molar-refractivity contribution in [3.8, 4) is 0 Å². The van der Waals surface area contributed by atoms with Crippen molar-refractivity contribution < 1.29 is 190 Å². The van der Waals surface area contributed by atoms with E-state index < -0.39 is 65.7 Å². The average Bonchev–Trinajstić information content (AvgIpc) is 2.55. The molecule has 0 aliphatic rings. The van der Waals surface area contributed by atoms with Crippen LogP contribution in [-0.4, -0.2) is 122 Å². The molecule has 0 atom stereocenters. The second kappa shape index (κ2) is 84.2. The zero-order chi connectivity index (χ0) is 39.4. The maximum atomic E-state index is 9.00. The predicted molar refractivity (Wildman–Crippen MR) is 146 cm³/mol.